The van der Waals surface area contributed by atoms with Crippen LogP contribution in [0.1, 0.15) is 53.8 Å². The highest BCUT2D eigenvalue weighted by atomic mass is 16.2. The molecule has 0 aliphatic carbocycles. The molecule has 0 saturated carbocycles. The van der Waals surface area contributed by atoms with E-state index in [0.717, 1.165) is 17.9 Å². The molecule has 0 spiro atoms. The lowest BCUT2D eigenvalue weighted by molar-refractivity contribution is -0.125. The minimum atomic E-state index is -0.470. The molecule has 1 heterocycles. The molecule has 1 atom stereocenters. The summed E-state index contributed by atoms with van der Waals surface area (Å²) in [4.78, 5) is 36.0. The maximum absolute atomic E-state index is 12.0. The van der Waals surface area contributed by atoms with Crippen LogP contribution in [-0.4, -0.2) is 22.7 Å². The van der Waals surface area contributed by atoms with Crippen LogP contribution < -0.4 is 5.43 Å². The molecule has 5 nitrogen and oxygen atoms in total. The molecule has 0 fully saturated rings. The van der Waals surface area contributed by atoms with Crippen molar-refractivity contribution in [2.75, 3.05) is 0 Å². The second-order valence-corrected chi connectivity index (χ2v) is 5.12. The van der Waals surface area contributed by atoms with E-state index in [-0.39, 0.29) is 11.8 Å². The maximum Gasteiger partial charge on any atom is 0.280 e. The molecule has 1 aromatic rings. The van der Waals surface area contributed by atoms with Crippen molar-refractivity contribution in [3.8, 4) is 0 Å². The fraction of sp³-hybridized carbons (Fsp3) is 0.400. The van der Waals surface area contributed by atoms with Gasteiger partial charge in [0.1, 0.15) is 0 Å². The summed E-state index contributed by atoms with van der Waals surface area (Å²) in [6, 6.07) is 6.56. The number of nitrogens with zero attached hydrogens (tertiary/aromatic N) is 1. The Morgan fingerprint density at radius 2 is 1.75 bits per heavy atom. The summed E-state index contributed by atoms with van der Waals surface area (Å²) in [6.07, 6.45) is 2.25. The van der Waals surface area contributed by atoms with E-state index >= 15 is 0 Å². The summed E-state index contributed by atoms with van der Waals surface area (Å²) in [7, 11) is 0. The number of hydrogen-bond donors (Lipinski definition) is 1. The highest BCUT2D eigenvalue weighted by Crippen LogP contribution is 2.21. The molecule has 2 rings (SSSR count). The molecule has 1 aromatic carbocycles. The quantitative estimate of drug-likeness (QED) is 0.836. The SMILES string of the molecule is CCC[C@H](C)CC(=O)NN1C(=O)c2ccccc2C1=O. The van der Waals surface area contributed by atoms with Gasteiger partial charge < -0.3 is 0 Å². The molecule has 0 unspecified atom stereocenters. The van der Waals surface area contributed by atoms with Crippen LogP contribution in [0.15, 0.2) is 24.3 Å². The van der Waals surface area contributed by atoms with Gasteiger partial charge in [-0.2, -0.15) is 5.01 Å². The second-order valence-electron chi connectivity index (χ2n) is 5.12. The number of rotatable bonds is 5. The van der Waals surface area contributed by atoms with Gasteiger partial charge in [0.15, 0.2) is 0 Å². The first-order chi connectivity index (χ1) is 9.54. The third-order valence-corrected chi connectivity index (χ3v) is 3.35. The highest BCUT2D eigenvalue weighted by Gasteiger charge is 2.36. The lowest BCUT2D eigenvalue weighted by Gasteiger charge is -2.16. The minimum absolute atomic E-state index is 0.232. The lowest BCUT2D eigenvalue weighted by Crippen LogP contribution is -2.46. The number of hydrogen-bond acceptors (Lipinski definition) is 3. The van der Waals surface area contributed by atoms with Gasteiger partial charge in [0.2, 0.25) is 5.91 Å². The Balaban J connectivity index is 2.04. The molecule has 20 heavy (non-hydrogen) atoms. The average Bonchev–Trinajstić information content (AvgIpc) is 2.65. The largest absolute Gasteiger partial charge is 0.280 e. The topological polar surface area (TPSA) is 66.5 Å². The van der Waals surface area contributed by atoms with Crippen molar-refractivity contribution < 1.29 is 14.4 Å². The van der Waals surface area contributed by atoms with Crippen LogP contribution in [0, 0.1) is 5.92 Å². The Morgan fingerprint density at radius 1 is 1.20 bits per heavy atom. The summed E-state index contributed by atoms with van der Waals surface area (Å²) < 4.78 is 0. The number of fused-ring (bicyclic) bond motifs is 1. The summed E-state index contributed by atoms with van der Waals surface area (Å²) in [5, 5.41) is 0.811. The van der Waals surface area contributed by atoms with Crippen molar-refractivity contribution >= 4 is 17.7 Å². The van der Waals surface area contributed by atoms with E-state index in [0.29, 0.717) is 17.5 Å². The van der Waals surface area contributed by atoms with E-state index < -0.39 is 11.8 Å². The predicted molar refractivity (Wildman–Crippen MR) is 73.8 cm³/mol. The standard InChI is InChI=1S/C15H18N2O3/c1-3-6-10(2)9-13(18)16-17-14(19)11-7-4-5-8-12(11)15(17)20/h4-5,7-8,10H,3,6,9H2,1-2H3,(H,16,18)/t10-/m0/s1. The maximum atomic E-state index is 12.0. The normalized spacial score (nSPS) is 15.2. The fourth-order valence-electron chi connectivity index (χ4n) is 2.37. The average molecular weight is 274 g/mol. The van der Waals surface area contributed by atoms with E-state index in [1.165, 1.54) is 0 Å². The van der Waals surface area contributed by atoms with Gasteiger partial charge in [0, 0.05) is 6.42 Å². The van der Waals surface area contributed by atoms with Crippen LogP contribution in [0.4, 0.5) is 0 Å². The van der Waals surface area contributed by atoms with Gasteiger partial charge in [-0.1, -0.05) is 38.8 Å². The van der Waals surface area contributed by atoms with E-state index in [1.807, 2.05) is 6.92 Å². The van der Waals surface area contributed by atoms with Crippen LogP contribution >= 0.6 is 0 Å². The fourth-order valence-corrected chi connectivity index (χ4v) is 2.37. The monoisotopic (exact) mass is 274 g/mol. The van der Waals surface area contributed by atoms with E-state index in [9.17, 15) is 14.4 Å². The second kappa shape index (κ2) is 5.86. The summed E-state index contributed by atoms with van der Waals surface area (Å²) in [6.45, 7) is 4.03. The summed E-state index contributed by atoms with van der Waals surface area (Å²) >= 11 is 0. The Hall–Kier alpha value is -2.17. The van der Waals surface area contributed by atoms with Gasteiger partial charge in [-0.15, -0.1) is 0 Å². The Kier molecular flexibility index (Phi) is 4.17. The Morgan fingerprint density at radius 3 is 2.25 bits per heavy atom. The summed E-state index contributed by atoms with van der Waals surface area (Å²) in [5.41, 5.74) is 3.08. The van der Waals surface area contributed by atoms with Crippen molar-refractivity contribution in [1.29, 1.82) is 0 Å². The molecule has 0 radical (unpaired) electrons. The highest BCUT2D eigenvalue weighted by molar-refractivity contribution is 6.21. The molecule has 106 valence electrons. The van der Waals surface area contributed by atoms with Gasteiger partial charge in [0.25, 0.3) is 11.8 Å². The first-order valence-electron chi connectivity index (χ1n) is 6.82. The van der Waals surface area contributed by atoms with Gasteiger partial charge >= 0.3 is 0 Å². The molecule has 3 amide bonds. The van der Waals surface area contributed by atoms with Crippen molar-refractivity contribution in [2.45, 2.75) is 33.1 Å². The van der Waals surface area contributed by atoms with Crippen LogP contribution in [0.2, 0.25) is 0 Å². The number of hydrazine groups is 1. The number of amides is 3. The molecule has 5 heteroatoms. The van der Waals surface area contributed by atoms with Crippen molar-refractivity contribution in [3.63, 3.8) is 0 Å². The van der Waals surface area contributed by atoms with E-state index in [1.54, 1.807) is 24.3 Å². The number of benzene rings is 1. The number of carbonyl (C=O) groups is 3. The molecule has 0 bridgehead atoms. The third-order valence-electron chi connectivity index (χ3n) is 3.35. The van der Waals surface area contributed by atoms with Crippen molar-refractivity contribution in [3.05, 3.63) is 35.4 Å². The third kappa shape index (κ3) is 2.71. The van der Waals surface area contributed by atoms with Gasteiger partial charge in [-0.25, -0.2) is 0 Å². The van der Waals surface area contributed by atoms with Gasteiger partial charge in [-0.05, 0) is 18.1 Å². The number of carbonyl (C=O) groups excluding carboxylic acids is 3. The zero-order valence-corrected chi connectivity index (χ0v) is 11.7. The molecule has 1 aliphatic rings. The molecule has 1 N–H and O–H groups in total. The van der Waals surface area contributed by atoms with Crippen LogP contribution in [0.3, 0.4) is 0 Å². The molecular weight excluding hydrogens is 256 g/mol. The zero-order chi connectivity index (χ0) is 14.7. The zero-order valence-electron chi connectivity index (χ0n) is 11.7. The van der Waals surface area contributed by atoms with Crippen LogP contribution in [0.5, 0.6) is 0 Å². The van der Waals surface area contributed by atoms with Crippen LogP contribution in [-0.2, 0) is 4.79 Å². The minimum Gasteiger partial charge on any atom is -0.273 e. The smallest absolute Gasteiger partial charge is 0.273 e. The molecular formula is C15H18N2O3. The first-order valence-corrected chi connectivity index (χ1v) is 6.82. The molecule has 0 aromatic heterocycles. The van der Waals surface area contributed by atoms with E-state index in [2.05, 4.69) is 12.3 Å². The van der Waals surface area contributed by atoms with Gasteiger partial charge in [-0.3, -0.25) is 19.8 Å². The summed E-state index contributed by atoms with van der Waals surface area (Å²) in [5.74, 6) is -1.01. The van der Waals surface area contributed by atoms with E-state index in [4.69, 9.17) is 0 Å². The van der Waals surface area contributed by atoms with Crippen molar-refractivity contribution in [1.82, 2.24) is 10.4 Å². The lowest BCUT2D eigenvalue weighted by atomic mass is 10.0. The Labute approximate surface area is 117 Å². The number of imide groups is 1. The number of nitrogens with one attached hydrogen (secondary N) is 1. The predicted octanol–water partition coefficient (Wildman–Crippen LogP) is 2.14. The molecule has 1 aliphatic heterocycles. The van der Waals surface area contributed by atoms with Crippen molar-refractivity contribution in [2.24, 2.45) is 5.92 Å². The molecule has 0 saturated heterocycles. The Bertz CT molecular complexity index is 519. The van der Waals surface area contributed by atoms with Gasteiger partial charge in [0.05, 0.1) is 11.1 Å². The first kappa shape index (κ1) is 14.2. The van der Waals surface area contributed by atoms with Crippen LogP contribution in [0.25, 0.3) is 0 Å².